The Hall–Kier alpha value is -2.07. The van der Waals surface area contributed by atoms with Gasteiger partial charge in [0.25, 0.3) is 0 Å². The predicted molar refractivity (Wildman–Crippen MR) is 112 cm³/mol. The van der Waals surface area contributed by atoms with E-state index in [-0.39, 0.29) is 0 Å². The van der Waals surface area contributed by atoms with Gasteiger partial charge in [-0.2, -0.15) is 0 Å². The average molecular weight is 343 g/mol. The van der Waals surface area contributed by atoms with Crippen LogP contribution < -0.4 is 10.6 Å². The van der Waals surface area contributed by atoms with E-state index in [1.807, 2.05) is 14.1 Å². The highest BCUT2D eigenvalue weighted by Crippen LogP contribution is 2.25. The molecule has 2 N–H and O–H groups in total. The van der Waals surface area contributed by atoms with Crippen LogP contribution in [0, 0.1) is 6.92 Å². The Bertz CT molecular complexity index is 590. The van der Waals surface area contributed by atoms with E-state index in [0.29, 0.717) is 0 Å². The standard InChI is InChI=1S/C21H34N4/c1-7-25(18(3)11-9-8-10-14-22-4)16-21(24-6)20-15-19(23-5)13-12-17(20)2/h12-13,15-16,22-23H,3,6-11,14H2,1-2,4-5H3/b21-16-. The molecule has 0 spiro atoms. The van der Waals surface area contributed by atoms with E-state index in [1.54, 1.807) is 0 Å². The zero-order chi connectivity index (χ0) is 18.7. The number of allylic oxidation sites excluding steroid dienone is 1. The van der Waals surface area contributed by atoms with Crippen LogP contribution in [0.3, 0.4) is 0 Å². The number of aryl methyl sites for hydroxylation is 1. The maximum Gasteiger partial charge on any atom is 0.0860 e. The number of hydrogen-bond acceptors (Lipinski definition) is 4. The SMILES string of the molecule is C=N/C(=C\N(CC)C(=C)CCCCCNC)c1cc(NC)ccc1C. The van der Waals surface area contributed by atoms with Crippen molar-refractivity contribution in [1.29, 1.82) is 0 Å². The lowest BCUT2D eigenvalue weighted by Crippen LogP contribution is -2.16. The summed E-state index contributed by atoms with van der Waals surface area (Å²) in [7, 11) is 3.92. The number of rotatable bonds is 12. The molecule has 0 fully saturated rings. The average Bonchev–Trinajstić information content (AvgIpc) is 2.63. The number of nitrogens with one attached hydrogen (secondary N) is 2. The van der Waals surface area contributed by atoms with Gasteiger partial charge in [-0.15, -0.1) is 0 Å². The molecule has 4 nitrogen and oxygen atoms in total. The molecule has 0 bridgehead atoms. The molecule has 1 aromatic carbocycles. The molecular formula is C21H34N4. The van der Waals surface area contributed by atoms with Gasteiger partial charge in [0.05, 0.1) is 5.70 Å². The first kappa shape index (κ1) is 21.0. The Morgan fingerprint density at radius 3 is 2.60 bits per heavy atom. The van der Waals surface area contributed by atoms with Gasteiger partial charge < -0.3 is 15.5 Å². The van der Waals surface area contributed by atoms with E-state index in [4.69, 9.17) is 0 Å². The molecule has 4 heteroatoms. The summed E-state index contributed by atoms with van der Waals surface area (Å²) in [6.45, 7) is 14.2. The largest absolute Gasteiger partial charge is 0.388 e. The van der Waals surface area contributed by atoms with Crippen LogP contribution in [-0.2, 0) is 0 Å². The molecule has 138 valence electrons. The quantitative estimate of drug-likeness (QED) is 0.429. The molecule has 0 aliphatic heterocycles. The van der Waals surface area contributed by atoms with Gasteiger partial charge in [0.2, 0.25) is 0 Å². The van der Waals surface area contributed by atoms with Crippen molar-refractivity contribution >= 4 is 18.1 Å². The van der Waals surface area contributed by atoms with Crippen LogP contribution in [0.4, 0.5) is 5.69 Å². The number of aliphatic imine (C=N–C) groups is 1. The van der Waals surface area contributed by atoms with Crippen molar-refractivity contribution in [3.8, 4) is 0 Å². The third kappa shape index (κ3) is 6.75. The van der Waals surface area contributed by atoms with Crippen LogP contribution in [0.1, 0.15) is 43.7 Å². The molecule has 1 rings (SSSR count). The fourth-order valence-corrected chi connectivity index (χ4v) is 2.75. The molecule has 0 aliphatic rings. The number of hydrogen-bond donors (Lipinski definition) is 2. The van der Waals surface area contributed by atoms with Gasteiger partial charge in [0, 0.05) is 36.7 Å². The number of unbranched alkanes of at least 4 members (excludes halogenated alkanes) is 2. The van der Waals surface area contributed by atoms with Gasteiger partial charge in [-0.05, 0) is 71.1 Å². The first-order chi connectivity index (χ1) is 12.1. The second-order valence-electron chi connectivity index (χ2n) is 6.22. The van der Waals surface area contributed by atoms with Gasteiger partial charge in [-0.1, -0.05) is 19.1 Å². The fraction of sp³-hybridized carbons (Fsp3) is 0.476. The lowest BCUT2D eigenvalue weighted by molar-refractivity contribution is 0.461. The summed E-state index contributed by atoms with van der Waals surface area (Å²) in [5.74, 6) is 0. The van der Waals surface area contributed by atoms with Gasteiger partial charge in [0.1, 0.15) is 0 Å². The van der Waals surface area contributed by atoms with Crippen molar-refractivity contribution in [3.05, 3.63) is 47.8 Å². The van der Waals surface area contributed by atoms with Gasteiger partial charge in [0.15, 0.2) is 0 Å². The Kier molecular flexibility index (Phi) is 9.63. The second kappa shape index (κ2) is 11.5. The van der Waals surface area contributed by atoms with Crippen molar-refractivity contribution in [2.24, 2.45) is 4.99 Å². The molecule has 0 saturated heterocycles. The Labute approximate surface area is 153 Å². The summed E-state index contributed by atoms with van der Waals surface area (Å²) in [5.41, 5.74) is 5.37. The van der Waals surface area contributed by atoms with Crippen LogP contribution in [-0.4, -0.2) is 38.8 Å². The molecular weight excluding hydrogens is 308 g/mol. The summed E-state index contributed by atoms with van der Waals surface area (Å²) in [6, 6.07) is 6.29. The minimum atomic E-state index is 0.874. The molecule has 0 heterocycles. The molecule has 0 atom stereocenters. The molecule has 0 unspecified atom stereocenters. The maximum atomic E-state index is 4.28. The van der Waals surface area contributed by atoms with Crippen LogP contribution >= 0.6 is 0 Å². The molecule has 1 aromatic rings. The molecule has 0 aliphatic carbocycles. The van der Waals surface area contributed by atoms with E-state index in [0.717, 1.165) is 48.6 Å². The van der Waals surface area contributed by atoms with Crippen molar-refractivity contribution in [1.82, 2.24) is 10.2 Å². The van der Waals surface area contributed by atoms with Gasteiger partial charge in [-0.25, -0.2) is 0 Å². The van der Waals surface area contributed by atoms with Crippen LogP contribution in [0.5, 0.6) is 0 Å². The summed E-state index contributed by atoms with van der Waals surface area (Å²) in [4.78, 5) is 6.47. The lowest BCUT2D eigenvalue weighted by Gasteiger charge is -2.22. The summed E-state index contributed by atoms with van der Waals surface area (Å²) in [6.07, 6.45) is 6.67. The molecule has 0 aromatic heterocycles. The maximum absolute atomic E-state index is 4.28. The third-order valence-electron chi connectivity index (χ3n) is 4.39. The molecule has 0 amide bonds. The number of benzene rings is 1. The van der Waals surface area contributed by atoms with E-state index < -0.39 is 0 Å². The van der Waals surface area contributed by atoms with E-state index >= 15 is 0 Å². The van der Waals surface area contributed by atoms with Crippen molar-refractivity contribution in [2.75, 3.05) is 32.5 Å². The van der Waals surface area contributed by atoms with Crippen molar-refractivity contribution in [3.63, 3.8) is 0 Å². The second-order valence-corrected chi connectivity index (χ2v) is 6.22. The Balaban J connectivity index is 2.86. The van der Waals surface area contributed by atoms with Crippen LogP contribution in [0.25, 0.3) is 5.70 Å². The monoisotopic (exact) mass is 342 g/mol. The zero-order valence-electron chi connectivity index (χ0n) is 16.4. The Morgan fingerprint density at radius 2 is 2.00 bits per heavy atom. The van der Waals surface area contributed by atoms with Crippen molar-refractivity contribution < 1.29 is 0 Å². The molecule has 0 saturated carbocycles. The smallest absolute Gasteiger partial charge is 0.0860 e. The minimum Gasteiger partial charge on any atom is -0.388 e. The summed E-state index contributed by atoms with van der Waals surface area (Å²) >= 11 is 0. The topological polar surface area (TPSA) is 39.7 Å². The normalized spacial score (nSPS) is 11.3. The highest BCUT2D eigenvalue weighted by Gasteiger charge is 2.09. The minimum absolute atomic E-state index is 0.874. The van der Waals surface area contributed by atoms with Crippen molar-refractivity contribution in [2.45, 2.75) is 39.5 Å². The van der Waals surface area contributed by atoms with Crippen LogP contribution in [0.2, 0.25) is 0 Å². The van der Waals surface area contributed by atoms with Gasteiger partial charge >= 0.3 is 0 Å². The third-order valence-corrected chi connectivity index (χ3v) is 4.39. The number of nitrogens with zero attached hydrogens (tertiary/aromatic N) is 2. The molecule has 0 radical (unpaired) electrons. The van der Waals surface area contributed by atoms with E-state index in [1.165, 1.54) is 18.4 Å². The van der Waals surface area contributed by atoms with Gasteiger partial charge in [-0.3, -0.25) is 4.99 Å². The number of anilines is 1. The highest BCUT2D eigenvalue weighted by molar-refractivity contribution is 5.72. The Morgan fingerprint density at radius 1 is 1.24 bits per heavy atom. The van der Waals surface area contributed by atoms with E-state index in [2.05, 4.69) is 72.1 Å². The first-order valence-electron chi connectivity index (χ1n) is 9.13. The first-order valence-corrected chi connectivity index (χ1v) is 9.13. The predicted octanol–water partition coefficient (Wildman–Crippen LogP) is 4.65. The zero-order valence-corrected chi connectivity index (χ0v) is 16.4. The summed E-state index contributed by atoms with van der Waals surface area (Å²) in [5, 5.41) is 6.37. The van der Waals surface area contributed by atoms with E-state index in [9.17, 15) is 0 Å². The highest BCUT2D eigenvalue weighted by atomic mass is 15.1. The lowest BCUT2D eigenvalue weighted by atomic mass is 10.0. The molecule has 25 heavy (non-hydrogen) atoms. The fourth-order valence-electron chi connectivity index (χ4n) is 2.75. The van der Waals surface area contributed by atoms with Crippen LogP contribution in [0.15, 0.2) is 41.7 Å². The summed E-state index contributed by atoms with van der Waals surface area (Å²) < 4.78 is 0.